The number of hydrogen-bond donors (Lipinski definition) is 0. The second kappa shape index (κ2) is 11.4. The van der Waals surface area contributed by atoms with Crippen LogP contribution in [0.5, 0.6) is 6.01 Å². The number of likely N-dealkylation sites (tertiary alicyclic amines) is 1. The number of likely N-dealkylation sites (N-methyl/N-ethyl adjacent to an activating group) is 1. The molecule has 0 radical (unpaired) electrons. The first-order valence-electron chi connectivity index (χ1n) is 14.7. The van der Waals surface area contributed by atoms with E-state index in [1.54, 1.807) is 0 Å². The Morgan fingerprint density at radius 2 is 1.93 bits per heavy atom. The zero-order valence-corrected chi connectivity index (χ0v) is 24.1. The van der Waals surface area contributed by atoms with Crippen LogP contribution in [0.2, 0.25) is 0 Å². The summed E-state index contributed by atoms with van der Waals surface area (Å²) in [6, 6.07) is 3.88. The topological polar surface area (TPSA) is 85.6 Å². The summed E-state index contributed by atoms with van der Waals surface area (Å²) in [6.45, 7) is 4.40. The van der Waals surface area contributed by atoms with E-state index in [0.29, 0.717) is 68.6 Å². The molecule has 2 aliphatic carbocycles. The number of aromatic nitrogens is 2. The summed E-state index contributed by atoms with van der Waals surface area (Å²) in [7, 11) is 1.84. The van der Waals surface area contributed by atoms with E-state index in [9.17, 15) is 27.6 Å². The van der Waals surface area contributed by atoms with Crippen molar-refractivity contribution in [3.8, 4) is 12.1 Å². The van der Waals surface area contributed by atoms with Gasteiger partial charge in [-0.05, 0) is 62.8 Å². The normalized spacial score (nSPS) is 26.7. The zero-order valence-electron chi connectivity index (χ0n) is 24.1. The van der Waals surface area contributed by atoms with E-state index in [1.165, 1.54) is 11.0 Å². The molecule has 1 unspecified atom stereocenters. The van der Waals surface area contributed by atoms with Gasteiger partial charge in [-0.1, -0.05) is 6.58 Å². The Morgan fingerprint density at radius 1 is 1.16 bits per heavy atom. The molecule has 0 saturated carbocycles. The van der Waals surface area contributed by atoms with Crippen LogP contribution in [0.15, 0.2) is 24.5 Å². The highest BCUT2D eigenvalue weighted by molar-refractivity contribution is 5.91. The maximum Gasteiger partial charge on any atom is 0.318 e. The van der Waals surface area contributed by atoms with Gasteiger partial charge >= 0.3 is 6.01 Å². The quantitative estimate of drug-likeness (QED) is 0.368. The molecule has 4 atom stereocenters. The monoisotopic (exact) mass is 598 g/mol. The second-order valence-electron chi connectivity index (χ2n) is 12.2. The number of nitrogens with zero attached hydrogens (tertiary/aromatic N) is 6. The lowest BCUT2D eigenvalue weighted by Gasteiger charge is -2.42. The van der Waals surface area contributed by atoms with Crippen molar-refractivity contribution >= 4 is 11.7 Å². The van der Waals surface area contributed by atoms with Gasteiger partial charge in [-0.15, -0.1) is 0 Å². The minimum atomic E-state index is -1.08. The van der Waals surface area contributed by atoms with Crippen molar-refractivity contribution in [1.29, 1.82) is 5.26 Å². The molecule has 1 aromatic carbocycles. The predicted molar refractivity (Wildman–Crippen MR) is 150 cm³/mol. The van der Waals surface area contributed by atoms with Gasteiger partial charge in [0, 0.05) is 49.3 Å². The summed E-state index contributed by atoms with van der Waals surface area (Å²) in [5.41, 5.74) is 2.37. The van der Waals surface area contributed by atoms with Gasteiger partial charge in [-0.2, -0.15) is 15.2 Å². The van der Waals surface area contributed by atoms with Crippen LogP contribution in [0, 0.1) is 23.0 Å². The Bertz CT molecular complexity index is 1500. The fraction of sp³-hybridized carbons (Fsp3) is 0.548. The van der Waals surface area contributed by atoms with E-state index in [2.05, 4.69) is 12.6 Å². The van der Waals surface area contributed by atoms with Crippen LogP contribution in [0.1, 0.15) is 48.1 Å². The molecule has 228 valence electrons. The van der Waals surface area contributed by atoms with Crippen molar-refractivity contribution in [2.24, 2.45) is 0 Å². The van der Waals surface area contributed by atoms with Crippen molar-refractivity contribution in [2.45, 2.75) is 68.6 Å². The Balaban J connectivity index is 1.34. The van der Waals surface area contributed by atoms with Crippen LogP contribution in [0.25, 0.3) is 0 Å². The van der Waals surface area contributed by atoms with Gasteiger partial charge in [0.1, 0.15) is 30.2 Å². The van der Waals surface area contributed by atoms with Crippen molar-refractivity contribution < 1.29 is 27.1 Å². The highest BCUT2D eigenvalue weighted by Crippen LogP contribution is 2.49. The average molecular weight is 599 g/mol. The molecule has 8 nitrogen and oxygen atoms in total. The van der Waals surface area contributed by atoms with Crippen LogP contribution >= 0.6 is 0 Å². The SMILES string of the molecule is C=C(F)C(=O)N1CCN(c2nc(OC[C@@H]3C[C@@H](F)CN3C)nc3c2CCC2(CCc4c(F)cc(F)cc42)C3)C[C@@H]1CC#N. The van der Waals surface area contributed by atoms with Crippen molar-refractivity contribution in [2.75, 3.05) is 44.7 Å². The van der Waals surface area contributed by atoms with Crippen molar-refractivity contribution in [3.63, 3.8) is 0 Å². The molecule has 6 rings (SSSR count). The van der Waals surface area contributed by atoms with Crippen molar-refractivity contribution in [1.82, 2.24) is 19.8 Å². The number of fused-ring (bicyclic) bond motifs is 3. The molecule has 0 bridgehead atoms. The van der Waals surface area contributed by atoms with Gasteiger partial charge in [-0.3, -0.25) is 9.69 Å². The minimum Gasteiger partial charge on any atom is -0.462 e. The fourth-order valence-electron chi connectivity index (χ4n) is 7.40. The number of nitriles is 1. The van der Waals surface area contributed by atoms with Crippen LogP contribution in [-0.2, 0) is 29.5 Å². The number of halogens is 4. The Morgan fingerprint density at radius 3 is 2.63 bits per heavy atom. The molecule has 0 N–H and O–H groups in total. The number of anilines is 1. The van der Waals surface area contributed by atoms with E-state index in [-0.39, 0.29) is 38.2 Å². The molecule has 2 saturated heterocycles. The van der Waals surface area contributed by atoms with E-state index in [4.69, 9.17) is 14.7 Å². The van der Waals surface area contributed by atoms with Gasteiger partial charge in [0.15, 0.2) is 5.83 Å². The summed E-state index contributed by atoms with van der Waals surface area (Å²) in [6.07, 6.45) is 2.25. The van der Waals surface area contributed by atoms with Gasteiger partial charge in [0.05, 0.1) is 24.2 Å². The Kier molecular flexibility index (Phi) is 7.79. The number of piperazine rings is 1. The Labute approximate surface area is 247 Å². The van der Waals surface area contributed by atoms with Gasteiger partial charge in [0.2, 0.25) is 0 Å². The van der Waals surface area contributed by atoms with Gasteiger partial charge in [0.25, 0.3) is 5.91 Å². The predicted octanol–water partition coefficient (Wildman–Crippen LogP) is 3.96. The number of benzene rings is 1. The molecular weight excluding hydrogens is 564 g/mol. The zero-order chi connectivity index (χ0) is 30.5. The molecule has 2 aromatic rings. The van der Waals surface area contributed by atoms with Crippen LogP contribution < -0.4 is 9.64 Å². The number of carbonyl (C=O) groups is 1. The third kappa shape index (κ3) is 5.44. The molecule has 12 heteroatoms. The lowest BCUT2D eigenvalue weighted by molar-refractivity contribution is -0.131. The van der Waals surface area contributed by atoms with Crippen LogP contribution in [0.4, 0.5) is 23.4 Å². The maximum atomic E-state index is 14.7. The summed E-state index contributed by atoms with van der Waals surface area (Å²) in [5, 5.41) is 9.45. The minimum absolute atomic E-state index is 0.00157. The molecule has 2 fully saturated rings. The third-order valence-corrected chi connectivity index (χ3v) is 9.64. The number of amides is 1. The van der Waals surface area contributed by atoms with E-state index in [1.807, 2.05) is 16.8 Å². The van der Waals surface area contributed by atoms with Crippen LogP contribution in [-0.4, -0.2) is 83.8 Å². The van der Waals surface area contributed by atoms with Gasteiger partial charge < -0.3 is 14.5 Å². The summed E-state index contributed by atoms with van der Waals surface area (Å²) in [5.74, 6) is -2.43. The summed E-state index contributed by atoms with van der Waals surface area (Å²) >= 11 is 0. The van der Waals surface area contributed by atoms with Gasteiger partial charge in [-0.25, -0.2) is 17.6 Å². The highest BCUT2D eigenvalue weighted by atomic mass is 19.1. The summed E-state index contributed by atoms with van der Waals surface area (Å²) in [4.78, 5) is 27.2. The lowest BCUT2D eigenvalue weighted by atomic mass is 9.69. The molecule has 1 aromatic heterocycles. The standard InChI is InChI=1S/C31H34F4N6O2/c1-18(32)29(42)41-10-9-40(16-21(41)5-8-36)28-24-4-7-31(6-3-23-25(31)12-19(33)13-26(23)35)14-27(24)37-30(38-28)43-17-22-11-20(34)15-39(22)2/h12-13,20-22H,1,3-7,9-11,14-17H2,2H3/t20-,21+,22+,31?/m1/s1. The van der Waals surface area contributed by atoms with E-state index in [0.717, 1.165) is 17.3 Å². The molecular formula is C31H34F4N6O2. The molecule has 1 spiro atoms. The average Bonchev–Trinajstić information content (AvgIpc) is 3.48. The number of rotatable bonds is 6. The number of ether oxygens (including phenoxy) is 1. The number of carbonyl (C=O) groups excluding carboxylic acids is 1. The fourth-order valence-corrected chi connectivity index (χ4v) is 7.40. The second-order valence-corrected chi connectivity index (χ2v) is 12.2. The molecule has 4 aliphatic rings. The van der Waals surface area contributed by atoms with Crippen LogP contribution in [0.3, 0.4) is 0 Å². The first kappa shape index (κ1) is 29.4. The molecule has 1 amide bonds. The smallest absolute Gasteiger partial charge is 0.318 e. The Hall–Kier alpha value is -3.72. The summed E-state index contributed by atoms with van der Waals surface area (Å²) < 4.78 is 62.9. The lowest BCUT2D eigenvalue weighted by Crippen LogP contribution is -2.55. The van der Waals surface area contributed by atoms with E-state index >= 15 is 0 Å². The molecule has 43 heavy (non-hydrogen) atoms. The van der Waals surface area contributed by atoms with Crippen molar-refractivity contribution in [3.05, 3.63) is 58.6 Å². The van der Waals surface area contributed by atoms with E-state index < -0.39 is 41.0 Å². The third-order valence-electron chi connectivity index (χ3n) is 9.64. The number of hydrogen-bond acceptors (Lipinski definition) is 7. The highest BCUT2D eigenvalue weighted by Gasteiger charge is 2.45. The first-order valence-corrected chi connectivity index (χ1v) is 14.7. The maximum absolute atomic E-state index is 14.7. The number of alkyl halides is 1. The first-order chi connectivity index (χ1) is 20.6. The molecule has 3 heterocycles. The largest absolute Gasteiger partial charge is 0.462 e. The molecule has 2 aliphatic heterocycles.